The average Bonchev–Trinajstić information content (AvgIpc) is 3.22. The third kappa shape index (κ3) is 4.81. The van der Waals surface area contributed by atoms with Crippen LogP contribution in [-0.4, -0.2) is 51.6 Å². The highest BCUT2D eigenvalue weighted by molar-refractivity contribution is 7.15. The fraction of sp³-hybridized carbons (Fsp3) is 0.308. The van der Waals surface area contributed by atoms with Crippen LogP contribution in [0, 0.1) is 13.8 Å². The standard InChI is InChI=1S/C26H26ClN5O2S/c1-17-6-5-7-18(2)24(17)31-12-10-30(11-13-31)23(33)15-20-16-35-26-28-25(34)22(29-32(20)26)14-19-8-3-4-9-21(19)27/h3-9,16H,10-15H2,1-2H3. The molecule has 1 aliphatic heterocycles. The summed E-state index contributed by atoms with van der Waals surface area (Å²) < 4.78 is 1.63. The number of halogens is 1. The lowest BCUT2D eigenvalue weighted by Crippen LogP contribution is -2.49. The van der Waals surface area contributed by atoms with Crippen molar-refractivity contribution in [3.63, 3.8) is 0 Å². The van der Waals surface area contributed by atoms with Crippen molar-refractivity contribution in [1.29, 1.82) is 0 Å². The second kappa shape index (κ2) is 9.79. The molecule has 7 nitrogen and oxygen atoms in total. The van der Waals surface area contributed by atoms with Crippen molar-refractivity contribution in [3.8, 4) is 0 Å². The van der Waals surface area contributed by atoms with Gasteiger partial charge in [-0.25, -0.2) is 4.52 Å². The fourth-order valence-corrected chi connectivity index (χ4v) is 5.66. The predicted molar refractivity (Wildman–Crippen MR) is 140 cm³/mol. The number of piperazine rings is 1. The van der Waals surface area contributed by atoms with Crippen LogP contribution in [0.2, 0.25) is 5.02 Å². The molecule has 1 saturated heterocycles. The molecule has 0 spiro atoms. The van der Waals surface area contributed by atoms with Gasteiger partial charge in [0.2, 0.25) is 10.9 Å². The van der Waals surface area contributed by atoms with Crippen LogP contribution in [0.3, 0.4) is 0 Å². The minimum Gasteiger partial charge on any atom is -0.368 e. The Balaban J connectivity index is 1.30. The molecule has 0 radical (unpaired) electrons. The molecule has 35 heavy (non-hydrogen) atoms. The van der Waals surface area contributed by atoms with Crippen LogP contribution < -0.4 is 10.5 Å². The first-order valence-corrected chi connectivity index (χ1v) is 12.8. The summed E-state index contributed by atoms with van der Waals surface area (Å²) in [4.78, 5) is 34.6. The highest BCUT2D eigenvalue weighted by Gasteiger charge is 2.24. The van der Waals surface area contributed by atoms with E-state index in [1.807, 2.05) is 28.5 Å². The molecule has 180 valence electrons. The van der Waals surface area contributed by atoms with Gasteiger partial charge in [0.05, 0.1) is 12.1 Å². The lowest BCUT2D eigenvalue weighted by Gasteiger charge is -2.37. The van der Waals surface area contributed by atoms with Gasteiger partial charge in [-0.1, -0.05) is 48.0 Å². The summed E-state index contributed by atoms with van der Waals surface area (Å²) in [6.45, 7) is 7.22. The molecule has 0 bridgehead atoms. The maximum Gasteiger partial charge on any atom is 0.296 e. The Morgan fingerprint density at radius 2 is 1.74 bits per heavy atom. The van der Waals surface area contributed by atoms with Crippen LogP contribution in [0.15, 0.2) is 52.6 Å². The SMILES string of the molecule is Cc1cccc(C)c1N1CCN(C(=O)Cc2csc3nc(=O)c(Cc4ccccc4Cl)nn23)CC1. The number of carbonyl (C=O) groups is 1. The van der Waals surface area contributed by atoms with Gasteiger partial charge in [0.1, 0.15) is 5.69 Å². The van der Waals surface area contributed by atoms with E-state index in [9.17, 15) is 9.59 Å². The van der Waals surface area contributed by atoms with Gasteiger partial charge in [-0.3, -0.25) is 9.59 Å². The Labute approximate surface area is 212 Å². The Morgan fingerprint density at radius 1 is 1.03 bits per heavy atom. The Morgan fingerprint density at radius 3 is 2.46 bits per heavy atom. The van der Waals surface area contributed by atoms with Crippen LogP contribution >= 0.6 is 22.9 Å². The van der Waals surface area contributed by atoms with Gasteiger partial charge in [-0.15, -0.1) is 11.3 Å². The third-order valence-corrected chi connectivity index (χ3v) is 7.69. The van der Waals surface area contributed by atoms with E-state index in [0.717, 1.165) is 24.3 Å². The number of carbonyl (C=O) groups excluding carboxylic acids is 1. The van der Waals surface area contributed by atoms with Crippen molar-refractivity contribution in [2.45, 2.75) is 26.7 Å². The average molecular weight is 508 g/mol. The molecule has 0 atom stereocenters. The van der Waals surface area contributed by atoms with Gasteiger partial charge in [0, 0.05) is 48.7 Å². The summed E-state index contributed by atoms with van der Waals surface area (Å²) in [7, 11) is 0. The molecule has 3 heterocycles. The Bertz CT molecular complexity index is 1440. The largest absolute Gasteiger partial charge is 0.368 e. The molecule has 5 rings (SSSR count). The molecule has 0 saturated carbocycles. The molecule has 2 aromatic heterocycles. The van der Waals surface area contributed by atoms with E-state index >= 15 is 0 Å². The molecule has 0 aliphatic carbocycles. The summed E-state index contributed by atoms with van der Waals surface area (Å²) in [6, 6.07) is 13.7. The number of anilines is 1. The van der Waals surface area contributed by atoms with E-state index in [1.54, 1.807) is 10.6 Å². The zero-order valence-corrected chi connectivity index (χ0v) is 21.3. The number of benzene rings is 2. The zero-order valence-electron chi connectivity index (χ0n) is 19.7. The maximum atomic E-state index is 13.1. The van der Waals surface area contributed by atoms with Gasteiger partial charge in [-0.2, -0.15) is 10.1 Å². The van der Waals surface area contributed by atoms with Crippen LogP contribution in [0.4, 0.5) is 5.69 Å². The van der Waals surface area contributed by atoms with E-state index in [4.69, 9.17) is 11.6 Å². The number of thiazole rings is 1. The van der Waals surface area contributed by atoms with E-state index in [2.05, 4.69) is 47.0 Å². The number of nitrogens with zero attached hydrogens (tertiary/aromatic N) is 5. The number of fused-ring (bicyclic) bond motifs is 1. The molecule has 0 N–H and O–H groups in total. The lowest BCUT2D eigenvalue weighted by molar-refractivity contribution is -0.130. The van der Waals surface area contributed by atoms with E-state index in [1.165, 1.54) is 28.2 Å². The highest BCUT2D eigenvalue weighted by atomic mass is 35.5. The number of aryl methyl sites for hydroxylation is 2. The van der Waals surface area contributed by atoms with Crippen molar-refractivity contribution >= 4 is 39.5 Å². The molecule has 0 unspecified atom stereocenters. The van der Waals surface area contributed by atoms with Crippen LogP contribution in [0.1, 0.15) is 28.1 Å². The number of hydrogen-bond acceptors (Lipinski definition) is 6. The van der Waals surface area contributed by atoms with Crippen molar-refractivity contribution in [2.75, 3.05) is 31.1 Å². The monoisotopic (exact) mass is 507 g/mol. The summed E-state index contributed by atoms with van der Waals surface area (Å²) in [5, 5.41) is 7.00. The van der Waals surface area contributed by atoms with Crippen LogP contribution in [0.5, 0.6) is 0 Å². The summed E-state index contributed by atoms with van der Waals surface area (Å²) >= 11 is 7.59. The Kier molecular flexibility index (Phi) is 6.58. The van der Waals surface area contributed by atoms with Gasteiger partial charge >= 0.3 is 0 Å². The molecule has 4 aromatic rings. The summed E-state index contributed by atoms with van der Waals surface area (Å²) in [5.41, 5.74) is 5.28. The minimum atomic E-state index is -0.368. The van der Waals surface area contributed by atoms with Crippen LogP contribution in [0.25, 0.3) is 4.96 Å². The maximum absolute atomic E-state index is 13.1. The lowest BCUT2D eigenvalue weighted by atomic mass is 10.1. The fourth-order valence-electron chi connectivity index (χ4n) is 4.64. The number of hydrogen-bond donors (Lipinski definition) is 0. The normalized spacial score (nSPS) is 14.0. The van der Waals surface area contributed by atoms with Gasteiger partial charge in [0.15, 0.2) is 0 Å². The molecular formula is C26H26ClN5O2S. The van der Waals surface area contributed by atoms with Gasteiger partial charge in [-0.05, 0) is 36.6 Å². The second-order valence-corrected chi connectivity index (χ2v) is 10.1. The number of aromatic nitrogens is 3. The van der Waals surface area contributed by atoms with E-state index < -0.39 is 0 Å². The minimum absolute atomic E-state index is 0.0546. The third-order valence-electron chi connectivity index (χ3n) is 6.45. The van der Waals surface area contributed by atoms with Crippen molar-refractivity contribution in [3.05, 3.63) is 91.3 Å². The molecule has 1 amide bonds. The Hall–Kier alpha value is -3.23. The van der Waals surface area contributed by atoms with Crippen molar-refractivity contribution in [2.24, 2.45) is 0 Å². The summed E-state index contributed by atoms with van der Waals surface area (Å²) in [5.74, 6) is 0.0546. The number of amides is 1. The van der Waals surface area contributed by atoms with Crippen molar-refractivity contribution in [1.82, 2.24) is 19.5 Å². The summed E-state index contributed by atoms with van der Waals surface area (Å²) in [6.07, 6.45) is 0.504. The predicted octanol–water partition coefficient (Wildman–Crippen LogP) is 3.90. The smallest absolute Gasteiger partial charge is 0.296 e. The molecule has 1 aliphatic rings. The van der Waals surface area contributed by atoms with E-state index in [0.29, 0.717) is 28.8 Å². The first kappa shape index (κ1) is 23.5. The molecule has 9 heteroatoms. The first-order valence-electron chi connectivity index (χ1n) is 11.6. The quantitative estimate of drug-likeness (QED) is 0.409. The van der Waals surface area contributed by atoms with Crippen LogP contribution in [-0.2, 0) is 17.6 Å². The zero-order chi connectivity index (χ0) is 24.5. The molecule has 1 fully saturated rings. The number of rotatable bonds is 5. The molecule has 2 aromatic carbocycles. The molecular weight excluding hydrogens is 482 g/mol. The van der Waals surface area contributed by atoms with Crippen molar-refractivity contribution < 1.29 is 4.79 Å². The van der Waals surface area contributed by atoms with E-state index in [-0.39, 0.29) is 24.3 Å². The number of para-hydroxylation sites is 1. The first-order chi connectivity index (χ1) is 16.9. The topological polar surface area (TPSA) is 70.8 Å². The second-order valence-electron chi connectivity index (χ2n) is 8.84. The highest BCUT2D eigenvalue weighted by Crippen LogP contribution is 2.26. The van der Waals surface area contributed by atoms with Gasteiger partial charge in [0.25, 0.3) is 5.56 Å². The van der Waals surface area contributed by atoms with Gasteiger partial charge < -0.3 is 9.80 Å².